The maximum atomic E-state index is 9.74. The van der Waals surface area contributed by atoms with E-state index in [2.05, 4.69) is 78.4 Å². The Balaban J connectivity index is 1.55. The van der Waals surface area contributed by atoms with Gasteiger partial charge in [0.1, 0.15) is 6.07 Å². The number of pyridine rings is 1. The summed E-state index contributed by atoms with van der Waals surface area (Å²) in [7, 11) is 3.79. The summed E-state index contributed by atoms with van der Waals surface area (Å²) < 4.78 is 13.6. The van der Waals surface area contributed by atoms with Crippen LogP contribution in [0.25, 0.3) is 10.9 Å². The van der Waals surface area contributed by atoms with Gasteiger partial charge in [0.15, 0.2) is 11.5 Å². The van der Waals surface area contributed by atoms with Gasteiger partial charge < -0.3 is 30.3 Å². The molecule has 2 heterocycles. The topological polar surface area (TPSA) is 99.7 Å². The molecule has 35 heavy (non-hydrogen) atoms. The molecule has 1 aliphatic rings. The van der Waals surface area contributed by atoms with Gasteiger partial charge in [-0.15, -0.1) is 0 Å². The van der Waals surface area contributed by atoms with E-state index < -0.39 is 0 Å². The molecule has 0 saturated carbocycles. The smallest absolute Gasteiger partial charge is 0.163 e. The predicted molar refractivity (Wildman–Crippen MR) is 157 cm³/mol. The van der Waals surface area contributed by atoms with Gasteiger partial charge in [0.25, 0.3) is 0 Å². The van der Waals surface area contributed by atoms with Crippen LogP contribution in [0.15, 0.2) is 30.5 Å². The lowest BCUT2D eigenvalue weighted by atomic mass is 10.1. The van der Waals surface area contributed by atoms with Crippen molar-refractivity contribution in [2.24, 2.45) is 0 Å². The summed E-state index contributed by atoms with van der Waals surface area (Å²) in [5.74, 6) is 1.26. The first kappa shape index (κ1) is 26.0. The number of nitrogen functional groups attached to an aromatic ring is 1. The quantitative estimate of drug-likeness (QED) is 0.199. The summed E-state index contributed by atoms with van der Waals surface area (Å²) in [5, 5.41) is 13.9. The Morgan fingerprint density at radius 1 is 1.11 bits per heavy atom. The van der Waals surface area contributed by atoms with E-state index in [0.29, 0.717) is 29.4 Å². The van der Waals surface area contributed by atoms with Gasteiger partial charge in [-0.05, 0) is 76.8 Å². The van der Waals surface area contributed by atoms with Gasteiger partial charge >= 0.3 is 0 Å². The van der Waals surface area contributed by atoms with Gasteiger partial charge in [0.2, 0.25) is 0 Å². The lowest BCUT2D eigenvalue weighted by molar-refractivity contribution is 0.145. The standard InChI is InChI=1S/C25H28I2N6O2/c1-32-5-7-33(8-6-32)4-3-9-35-23-13-21-18(12-22(23)34-2)25(16(14-28)15-30-21)31-17-10-19(26)24(29)20(27)11-17/h10-13,15H,3-9,29H2,1-2H3,(H,30,31). The molecule has 8 nitrogen and oxygen atoms in total. The van der Waals surface area contributed by atoms with Crippen LogP contribution >= 0.6 is 45.2 Å². The van der Waals surface area contributed by atoms with Crippen LogP contribution in [0.1, 0.15) is 12.0 Å². The molecule has 0 spiro atoms. The van der Waals surface area contributed by atoms with Gasteiger partial charge in [-0.2, -0.15) is 5.26 Å². The lowest BCUT2D eigenvalue weighted by Crippen LogP contribution is -2.44. The second-order valence-electron chi connectivity index (χ2n) is 8.50. The van der Waals surface area contributed by atoms with E-state index in [9.17, 15) is 5.26 Å². The molecule has 3 N–H and O–H groups in total. The average Bonchev–Trinajstić information content (AvgIpc) is 2.86. The first-order chi connectivity index (χ1) is 16.9. The number of methoxy groups -OCH3 is 1. The Labute approximate surface area is 233 Å². The molecule has 0 radical (unpaired) electrons. The highest BCUT2D eigenvalue weighted by Gasteiger charge is 2.16. The molecule has 1 fully saturated rings. The second-order valence-corrected chi connectivity index (χ2v) is 10.8. The first-order valence-corrected chi connectivity index (χ1v) is 13.5. The van der Waals surface area contributed by atoms with Crippen molar-refractivity contribution in [1.82, 2.24) is 14.8 Å². The van der Waals surface area contributed by atoms with Crippen molar-refractivity contribution in [1.29, 1.82) is 5.26 Å². The van der Waals surface area contributed by atoms with E-state index in [1.165, 1.54) is 0 Å². The molecule has 0 atom stereocenters. The van der Waals surface area contributed by atoms with Crippen LogP contribution in [0.5, 0.6) is 11.5 Å². The number of halogens is 2. The fraction of sp³-hybridized carbons (Fsp3) is 0.360. The number of piperazine rings is 1. The Bertz CT molecular complexity index is 1230. The van der Waals surface area contributed by atoms with Crippen molar-refractivity contribution in [3.8, 4) is 17.6 Å². The highest BCUT2D eigenvalue weighted by molar-refractivity contribution is 14.1. The van der Waals surface area contributed by atoms with Crippen LogP contribution in [0.4, 0.5) is 17.1 Å². The Morgan fingerprint density at radius 2 is 1.83 bits per heavy atom. The highest BCUT2D eigenvalue weighted by atomic mass is 127. The molecule has 3 aromatic rings. The Kier molecular flexibility index (Phi) is 8.74. The number of nitrogens with two attached hydrogens (primary N) is 1. The number of nitriles is 1. The van der Waals surface area contributed by atoms with Gasteiger partial charge in [-0.3, -0.25) is 4.98 Å². The maximum absolute atomic E-state index is 9.74. The third kappa shape index (κ3) is 6.19. The van der Waals surface area contributed by atoms with Crippen molar-refractivity contribution < 1.29 is 9.47 Å². The predicted octanol–water partition coefficient (Wildman–Crippen LogP) is 4.67. The number of fused-ring (bicyclic) bond motifs is 1. The third-order valence-corrected chi connectivity index (χ3v) is 7.88. The van der Waals surface area contributed by atoms with Crippen LogP contribution < -0.4 is 20.5 Å². The zero-order valence-electron chi connectivity index (χ0n) is 19.8. The van der Waals surface area contributed by atoms with Crippen molar-refractivity contribution in [2.45, 2.75) is 6.42 Å². The summed E-state index contributed by atoms with van der Waals surface area (Å²) in [5.41, 5.74) is 9.54. The number of nitrogens with one attached hydrogen (secondary N) is 1. The van der Waals surface area contributed by atoms with Crippen LogP contribution in [-0.4, -0.2) is 68.3 Å². The van der Waals surface area contributed by atoms with Gasteiger partial charge in [-0.25, -0.2) is 0 Å². The number of anilines is 3. The largest absolute Gasteiger partial charge is 0.493 e. The molecule has 0 bridgehead atoms. The number of nitrogens with zero attached hydrogens (tertiary/aromatic N) is 4. The van der Waals surface area contributed by atoms with Crippen molar-refractivity contribution in [2.75, 3.05) is 64.5 Å². The molecule has 4 rings (SSSR count). The highest BCUT2D eigenvalue weighted by Crippen LogP contribution is 2.38. The summed E-state index contributed by atoms with van der Waals surface area (Å²) >= 11 is 4.42. The fourth-order valence-electron chi connectivity index (χ4n) is 4.03. The number of hydrogen-bond acceptors (Lipinski definition) is 8. The minimum Gasteiger partial charge on any atom is -0.493 e. The van der Waals surface area contributed by atoms with E-state index in [1.807, 2.05) is 24.3 Å². The van der Waals surface area contributed by atoms with E-state index in [0.717, 1.165) is 68.6 Å². The summed E-state index contributed by atoms with van der Waals surface area (Å²) in [6.45, 7) is 6.03. The van der Waals surface area contributed by atoms with E-state index in [-0.39, 0.29) is 0 Å². The number of aromatic nitrogens is 1. The van der Waals surface area contributed by atoms with E-state index in [1.54, 1.807) is 13.3 Å². The number of hydrogen-bond donors (Lipinski definition) is 2. The summed E-state index contributed by atoms with van der Waals surface area (Å²) in [4.78, 5) is 9.35. The van der Waals surface area contributed by atoms with Gasteiger partial charge in [0, 0.05) is 63.2 Å². The average molecular weight is 698 g/mol. The van der Waals surface area contributed by atoms with Crippen LogP contribution in [-0.2, 0) is 0 Å². The molecule has 184 valence electrons. The van der Waals surface area contributed by atoms with Crippen LogP contribution in [0, 0.1) is 18.5 Å². The molecule has 1 saturated heterocycles. The normalized spacial score (nSPS) is 14.6. The summed E-state index contributed by atoms with van der Waals surface area (Å²) in [6, 6.07) is 9.93. The summed E-state index contributed by atoms with van der Waals surface area (Å²) in [6.07, 6.45) is 2.52. The fourth-order valence-corrected chi connectivity index (χ4v) is 5.80. The molecule has 1 aromatic heterocycles. The number of ether oxygens (including phenoxy) is 2. The Morgan fingerprint density at radius 3 is 2.49 bits per heavy atom. The van der Waals surface area contributed by atoms with Crippen molar-refractivity contribution >= 4 is 73.1 Å². The van der Waals surface area contributed by atoms with Crippen LogP contribution in [0.2, 0.25) is 0 Å². The first-order valence-electron chi connectivity index (χ1n) is 11.4. The molecular formula is C25H28I2N6O2. The maximum Gasteiger partial charge on any atom is 0.163 e. The van der Waals surface area contributed by atoms with Crippen LogP contribution in [0.3, 0.4) is 0 Å². The van der Waals surface area contributed by atoms with Crippen molar-refractivity contribution in [3.05, 3.63) is 43.2 Å². The number of likely N-dealkylation sites (N-methyl/N-ethyl adjacent to an activating group) is 1. The minimum absolute atomic E-state index is 0.447. The third-order valence-electron chi connectivity index (χ3n) is 6.09. The van der Waals surface area contributed by atoms with Gasteiger partial charge in [0.05, 0.1) is 36.2 Å². The van der Waals surface area contributed by atoms with Crippen molar-refractivity contribution in [3.63, 3.8) is 0 Å². The SMILES string of the molecule is COc1cc2c(Nc3cc(I)c(N)c(I)c3)c(C#N)cnc2cc1OCCCN1CCN(C)CC1. The molecular weight excluding hydrogens is 670 g/mol. The molecule has 0 amide bonds. The van der Waals surface area contributed by atoms with E-state index in [4.69, 9.17) is 15.2 Å². The zero-order chi connectivity index (χ0) is 24.9. The number of rotatable bonds is 8. The second kappa shape index (κ2) is 11.8. The molecule has 1 aliphatic heterocycles. The number of benzene rings is 2. The lowest BCUT2D eigenvalue weighted by Gasteiger charge is -2.32. The molecule has 10 heteroatoms. The molecule has 2 aromatic carbocycles. The molecule has 0 aliphatic carbocycles. The Hall–Kier alpha value is -2.08. The van der Waals surface area contributed by atoms with Gasteiger partial charge in [-0.1, -0.05) is 0 Å². The minimum atomic E-state index is 0.447. The van der Waals surface area contributed by atoms with E-state index >= 15 is 0 Å². The molecule has 0 unspecified atom stereocenters. The monoisotopic (exact) mass is 698 g/mol. The zero-order valence-corrected chi connectivity index (χ0v) is 24.1.